The number of aliphatic carboxylic acids is 1. The molecule has 86 heavy (non-hydrogen) atoms. The molecule has 5 bridgehead atoms. The number of fused-ring (bicyclic) bond motifs is 15. The molecule has 3 unspecified atom stereocenters. The summed E-state index contributed by atoms with van der Waals surface area (Å²) < 4.78 is 46.4. The molecule has 1 aromatic carbocycles. The van der Waals surface area contributed by atoms with Gasteiger partial charge in [-0.05, 0) is 45.3 Å². The summed E-state index contributed by atoms with van der Waals surface area (Å²) in [5.41, 5.74) is -1.99. The lowest BCUT2D eigenvalue weighted by atomic mass is 9.78. The Morgan fingerprint density at radius 1 is 0.930 bits per heavy atom. The lowest BCUT2D eigenvalue weighted by Crippen LogP contribution is -2.49. The molecule has 3 aliphatic carbocycles. The number of carboxylic acid groups (broad SMARTS) is 1. The number of Topliss-reactive ketones (excluding diaryl/α,β-unsaturated/α-hetero) is 3. The van der Waals surface area contributed by atoms with Crippen molar-refractivity contribution in [2.24, 2.45) is 34.7 Å². The molecule has 0 aromatic heterocycles. The number of rotatable bonds is 11. The zero-order valence-electron chi connectivity index (χ0n) is 49.4. The summed E-state index contributed by atoms with van der Waals surface area (Å²) in [6, 6.07) is -1.35. The van der Waals surface area contributed by atoms with E-state index in [2.05, 4.69) is 15.8 Å². The first kappa shape index (κ1) is 63.1. The van der Waals surface area contributed by atoms with Crippen molar-refractivity contribution in [1.29, 1.82) is 0 Å². The minimum absolute atomic E-state index is 0.0103. The van der Waals surface area contributed by atoms with E-state index in [1.54, 1.807) is 54.5 Å². The number of hydrogen-bond donors (Lipinski definition) is 6. The van der Waals surface area contributed by atoms with Gasteiger partial charge in [0.25, 0.3) is 11.7 Å². The molecule has 23 nitrogen and oxygen atoms in total. The topological polar surface area (TPSA) is 302 Å². The summed E-state index contributed by atoms with van der Waals surface area (Å²) in [6.45, 7) is 13.1. The third kappa shape index (κ3) is 12.2. The first-order valence-electron chi connectivity index (χ1n) is 28.9. The summed E-state index contributed by atoms with van der Waals surface area (Å²) in [6.07, 6.45) is 7.23. The molecular weight excluding hydrogens is 1140 g/mol. The number of phenolic OH excluding ortho intramolecular Hbond substituents is 1. The number of carboxylic acids is 1. The fourth-order valence-electron chi connectivity index (χ4n) is 12.5. The minimum Gasteiger partial charge on any atom is -0.507 e. The molecule has 10 rings (SSSR count). The van der Waals surface area contributed by atoms with E-state index < -0.39 is 141 Å². The highest BCUT2D eigenvalue weighted by Gasteiger charge is 2.54. The fourth-order valence-corrected chi connectivity index (χ4v) is 12.9. The number of oxime groups is 1. The summed E-state index contributed by atoms with van der Waals surface area (Å²) >= 11 is 6.96. The van der Waals surface area contributed by atoms with Crippen LogP contribution in [-0.2, 0) is 47.8 Å². The van der Waals surface area contributed by atoms with Gasteiger partial charge in [0.05, 0.1) is 83.6 Å². The molecular formula is C61H74ClFN6O17. The molecule has 6 aliphatic heterocycles. The van der Waals surface area contributed by atoms with Crippen molar-refractivity contribution in [1.82, 2.24) is 25.3 Å². The average Bonchev–Trinajstić information content (AvgIpc) is 1.43. The molecule has 2 saturated heterocycles. The fraction of sp³-hybridized carbons (Fsp3) is 0.541. The zero-order chi connectivity index (χ0) is 62.4. The number of hydrogen-bond acceptors (Lipinski definition) is 20. The number of ketones is 3. The summed E-state index contributed by atoms with van der Waals surface area (Å²) in [7, 11) is 1.42. The Morgan fingerprint density at radius 2 is 1.64 bits per heavy atom. The molecule has 12 atom stereocenters. The molecule has 0 radical (unpaired) electrons. The summed E-state index contributed by atoms with van der Waals surface area (Å²) in [5, 5.41) is 55.2. The zero-order valence-corrected chi connectivity index (χ0v) is 50.1. The largest absolute Gasteiger partial charge is 0.507 e. The average molecular weight is 1220 g/mol. The van der Waals surface area contributed by atoms with Gasteiger partial charge in [0.15, 0.2) is 11.5 Å². The Kier molecular flexibility index (Phi) is 18.7. The lowest BCUT2D eigenvalue weighted by Gasteiger charge is -2.42. The molecule has 1 saturated carbocycles. The van der Waals surface area contributed by atoms with Crippen molar-refractivity contribution < 1.29 is 86.9 Å². The second-order valence-corrected chi connectivity index (χ2v) is 23.8. The van der Waals surface area contributed by atoms with Crippen LogP contribution in [0.15, 0.2) is 87.1 Å². The van der Waals surface area contributed by atoms with Crippen molar-refractivity contribution in [2.45, 2.75) is 129 Å². The first-order chi connectivity index (χ1) is 40.8. The second kappa shape index (κ2) is 25.5. The molecule has 6 heterocycles. The van der Waals surface area contributed by atoms with Gasteiger partial charge >= 0.3 is 11.9 Å². The van der Waals surface area contributed by atoms with E-state index in [-0.39, 0.29) is 109 Å². The van der Waals surface area contributed by atoms with E-state index in [4.69, 9.17) is 40.1 Å². The van der Waals surface area contributed by atoms with Gasteiger partial charge < -0.3 is 74.3 Å². The predicted molar refractivity (Wildman–Crippen MR) is 306 cm³/mol. The van der Waals surface area contributed by atoms with Crippen LogP contribution in [0.1, 0.15) is 106 Å². The number of halogens is 2. The molecule has 464 valence electrons. The van der Waals surface area contributed by atoms with Crippen LogP contribution >= 0.6 is 11.6 Å². The van der Waals surface area contributed by atoms with Gasteiger partial charge in [0, 0.05) is 100 Å². The van der Waals surface area contributed by atoms with Gasteiger partial charge in [-0.25, -0.2) is 9.18 Å². The second-order valence-electron chi connectivity index (χ2n) is 23.4. The number of methoxy groups -OCH3 is 1. The molecule has 9 aliphatic rings. The summed E-state index contributed by atoms with van der Waals surface area (Å²) in [5.74, 6) is -13.2. The number of nitrogens with zero attached hydrogens (tertiary/aromatic N) is 4. The van der Waals surface area contributed by atoms with Gasteiger partial charge in [-0.15, -0.1) is 0 Å². The first-order valence-corrected chi connectivity index (χ1v) is 29.3. The van der Waals surface area contributed by atoms with Crippen LogP contribution < -0.4 is 15.4 Å². The van der Waals surface area contributed by atoms with Crippen LogP contribution in [0.3, 0.4) is 0 Å². The minimum atomic E-state index is -2.04. The molecule has 1 aromatic rings. The van der Waals surface area contributed by atoms with Crippen LogP contribution in [-0.4, -0.2) is 183 Å². The van der Waals surface area contributed by atoms with E-state index in [1.165, 1.54) is 59.4 Å². The Bertz CT molecular complexity index is 3230. The highest BCUT2D eigenvalue weighted by Crippen LogP contribution is 2.50. The Labute approximate surface area is 501 Å². The number of esters is 1. The summed E-state index contributed by atoms with van der Waals surface area (Å²) in [4.78, 5) is 107. The molecule has 0 spiro atoms. The number of likely N-dealkylation sites (tertiary alicyclic amines) is 1. The van der Waals surface area contributed by atoms with Crippen LogP contribution in [0, 0.1) is 36.5 Å². The van der Waals surface area contributed by atoms with E-state index in [9.17, 15) is 44.4 Å². The van der Waals surface area contributed by atoms with Gasteiger partial charge in [0.1, 0.15) is 47.0 Å². The van der Waals surface area contributed by atoms with Crippen LogP contribution in [0.4, 0.5) is 4.39 Å². The van der Waals surface area contributed by atoms with Gasteiger partial charge in [-0.2, -0.15) is 0 Å². The van der Waals surface area contributed by atoms with Crippen molar-refractivity contribution in [3.8, 4) is 11.5 Å². The van der Waals surface area contributed by atoms with Crippen molar-refractivity contribution in [3.05, 3.63) is 104 Å². The maximum absolute atomic E-state index is 16.0. The predicted octanol–water partition coefficient (Wildman–Crippen LogP) is 4.73. The van der Waals surface area contributed by atoms with E-state index in [0.29, 0.717) is 6.42 Å². The molecule has 3 fully saturated rings. The van der Waals surface area contributed by atoms with Crippen molar-refractivity contribution in [2.75, 3.05) is 53.1 Å². The number of ether oxygens (including phenoxy) is 5. The van der Waals surface area contributed by atoms with E-state index >= 15 is 14.0 Å². The number of carbonyl (C=O) groups excluding carboxylic acids is 6. The van der Waals surface area contributed by atoms with Gasteiger partial charge in [-0.3, -0.25) is 28.8 Å². The van der Waals surface area contributed by atoms with Gasteiger partial charge in [-0.1, -0.05) is 62.7 Å². The molecule has 25 heteroatoms. The molecule has 6 N–H and O–H groups in total. The van der Waals surface area contributed by atoms with Crippen LogP contribution in [0.25, 0.3) is 0 Å². The van der Waals surface area contributed by atoms with Crippen molar-refractivity contribution >= 4 is 58.4 Å². The quantitative estimate of drug-likeness (QED) is 0.0755. The Morgan fingerprint density at radius 3 is 2.30 bits per heavy atom. The van der Waals surface area contributed by atoms with E-state index in [0.717, 1.165) is 18.9 Å². The van der Waals surface area contributed by atoms with E-state index in [1.807, 2.05) is 0 Å². The lowest BCUT2D eigenvalue weighted by molar-refractivity contribution is -0.160. The number of allylic oxidation sites excluding steroid dienone is 5. The monoisotopic (exact) mass is 1220 g/mol. The number of phenols is 1. The Balaban J connectivity index is 1.03. The normalized spacial score (nSPS) is 32.8. The number of aliphatic hydroxyl groups is 2. The number of benzene rings is 1. The number of amides is 2. The maximum Gasteiger partial charge on any atom is 0.340 e. The Hall–Kier alpha value is -7.38. The number of carbonyl (C=O) groups is 7. The number of morpholine rings is 1. The highest BCUT2D eigenvalue weighted by molar-refractivity contribution is 6.33. The number of nitrogens with one attached hydrogen (secondary N) is 2. The number of aromatic hydroxyl groups is 1. The SMILES string of the molecule is CO[C@H]1/C=C/O[C@@]2(C)Oc3c(C)c(O)c4c(c3/C2=N/OCCC(=O)NC2CCN(C3=C(Cl)C5C(C=C3F)C(=O)C(C(=O)O)=CN5C3CC3)C2)C(=O)C(N2CCOCC2)=C(NC(=O)/C(C)=C\C=C\[C@H](C)[C@H](O)[C@@H](C)[C@@H](O)[C@@H](C)[C@H](OC(C)=O)[C@@H]1C)C4=O. The third-order valence-corrected chi connectivity index (χ3v) is 17.9. The van der Waals surface area contributed by atoms with Gasteiger partial charge in [0.2, 0.25) is 17.5 Å². The highest BCUT2D eigenvalue weighted by atomic mass is 35.5. The van der Waals surface area contributed by atoms with Crippen LogP contribution in [0.2, 0.25) is 0 Å². The van der Waals surface area contributed by atoms with Crippen molar-refractivity contribution in [3.63, 3.8) is 0 Å². The smallest absolute Gasteiger partial charge is 0.340 e. The number of aliphatic hydroxyl groups excluding tert-OH is 2. The van der Waals surface area contributed by atoms with Crippen LogP contribution in [0.5, 0.6) is 11.5 Å². The third-order valence-electron chi connectivity index (χ3n) is 17.5. The molecule has 2 amide bonds. The maximum atomic E-state index is 16.0. The standard InChI is InChI=1S/C61H74ClFN6O17/c1-28-11-10-12-29(2)59(78)65-46-49(67-19-23-82-24-20-67)55(77)42-43(54(46)76)52(74)33(6)57-44(42)58(61(8,86-57)83-21-16-40(81-9)30(3)56(85-34(7)70)32(5)51(73)31(4)50(28)72)66-84-22-17-41(71)64-35-15-18-68(26-35)48-39(63)25-37-47(45(48)62)69(36-13-14-36)27-38(53(37)75)60(79)80/h10-12,16,21,25,27-28,30-32,35-37,40,47,50-51,56,72-74H,13-15,17-20,22-24,26H2,1-9H3,(H,64,71)(H,65,78)(H,79,80)/b11-10+,21-16+,29-12-,66-58-/t28-,30+,31+,32+,35?,37?,40-,47?,50-,51+,56+,61-/m0/s1.